The van der Waals surface area contributed by atoms with Crippen LogP contribution < -0.4 is 4.90 Å². The molecule has 0 aliphatic rings. The average Bonchev–Trinajstić information content (AvgIpc) is 3.10. The lowest BCUT2D eigenvalue weighted by molar-refractivity contribution is -0.137. The molecule has 0 atom stereocenters. The minimum Gasteiger partial charge on any atom is -0.377 e. The summed E-state index contributed by atoms with van der Waals surface area (Å²) >= 11 is 0.262. The lowest BCUT2D eigenvalue weighted by Crippen LogP contribution is -2.16. The number of fused-ring (bicyclic) bond motifs is 1. The Balaban J connectivity index is 2.29. The Kier molecular flexibility index (Phi) is 3.98. The van der Waals surface area contributed by atoms with Crippen molar-refractivity contribution in [1.29, 1.82) is 0 Å². The van der Waals surface area contributed by atoms with Gasteiger partial charge in [-0.25, -0.2) is 0 Å². The minimum atomic E-state index is -4.64. The molecule has 0 saturated heterocycles. The van der Waals surface area contributed by atoms with Crippen molar-refractivity contribution in [3.63, 3.8) is 0 Å². The second-order valence-corrected chi connectivity index (χ2v) is 6.38. The van der Waals surface area contributed by atoms with Crippen LogP contribution in [0.25, 0.3) is 22.0 Å². The normalized spacial score (nSPS) is 12.8. The Morgan fingerprint density at radius 1 is 1.00 bits per heavy atom. The Bertz CT molecular complexity index is 920. The highest BCUT2D eigenvalue weighted by atomic mass is 32.1. The van der Waals surface area contributed by atoms with Gasteiger partial charge in [0.05, 0.1) is 11.3 Å². The van der Waals surface area contributed by atoms with Crippen LogP contribution in [0.2, 0.25) is 0 Å². The summed E-state index contributed by atoms with van der Waals surface area (Å²) in [6.07, 6.45) is -6.98. The zero-order valence-corrected chi connectivity index (χ0v) is 13.7. The number of rotatable bonds is 2. The van der Waals surface area contributed by atoms with E-state index in [2.05, 4.69) is 9.36 Å². The summed E-state index contributed by atoms with van der Waals surface area (Å²) < 4.78 is 82.9. The van der Waals surface area contributed by atoms with Gasteiger partial charge in [0, 0.05) is 48.5 Å². The first-order valence-electron chi connectivity index (χ1n) is 6.92. The van der Waals surface area contributed by atoms with Gasteiger partial charge >= 0.3 is 12.4 Å². The van der Waals surface area contributed by atoms with Crippen molar-refractivity contribution in [3.8, 4) is 11.1 Å². The Hall–Kier alpha value is -2.23. The van der Waals surface area contributed by atoms with Gasteiger partial charge in [-0.15, -0.1) is 0 Å². The molecule has 3 rings (SSSR count). The van der Waals surface area contributed by atoms with E-state index in [1.165, 1.54) is 31.3 Å². The number of nitrogens with one attached hydrogen (secondary N) is 1. The molecular weight excluding hydrogens is 368 g/mol. The Morgan fingerprint density at radius 3 is 2.24 bits per heavy atom. The predicted molar refractivity (Wildman–Crippen MR) is 83.7 cm³/mol. The number of benzene rings is 1. The number of alkyl halides is 6. The number of H-pyrrole nitrogens is 1. The van der Waals surface area contributed by atoms with Gasteiger partial charge in [-0.05, 0) is 23.7 Å². The van der Waals surface area contributed by atoms with E-state index in [-0.39, 0.29) is 33.7 Å². The topological polar surface area (TPSA) is 31.9 Å². The van der Waals surface area contributed by atoms with Crippen molar-refractivity contribution in [2.24, 2.45) is 0 Å². The first kappa shape index (κ1) is 17.6. The Labute approximate surface area is 142 Å². The van der Waals surface area contributed by atoms with Crippen molar-refractivity contribution in [2.45, 2.75) is 12.4 Å². The second kappa shape index (κ2) is 5.65. The van der Waals surface area contributed by atoms with Crippen LogP contribution in [0.1, 0.15) is 10.4 Å². The standard InChI is InChI=1S/C15H11F6N3S/c1-24(2)12-4-11-7(3-10(12)14(16,17)18)8(5-22-11)9-6-23-25-13(9)15(19,20)21/h3-6,22H,1-2H3. The highest BCUT2D eigenvalue weighted by Crippen LogP contribution is 2.44. The third-order valence-corrected chi connectivity index (χ3v) is 4.55. The molecule has 0 bridgehead atoms. The van der Waals surface area contributed by atoms with Crippen LogP contribution in [-0.4, -0.2) is 23.5 Å². The number of hydrogen-bond acceptors (Lipinski definition) is 3. The summed E-state index contributed by atoms with van der Waals surface area (Å²) in [5.41, 5.74) is -0.886. The molecule has 1 aromatic carbocycles. The van der Waals surface area contributed by atoms with Crippen LogP contribution in [0, 0.1) is 0 Å². The number of nitrogens with zero attached hydrogens (tertiary/aromatic N) is 2. The second-order valence-electron chi connectivity index (χ2n) is 5.58. The van der Waals surface area contributed by atoms with Gasteiger partial charge in [0.1, 0.15) is 4.88 Å². The van der Waals surface area contributed by atoms with E-state index in [4.69, 9.17) is 0 Å². The van der Waals surface area contributed by atoms with Gasteiger partial charge in [0.15, 0.2) is 0 Å². The van der Waals surface area contributed by atoms with E-state index in [0.717, 1.165) is 12.3 Å². The molecular formula is C15H11F6N3S. The smallest absolute Gasteiger partial charge is 0.377 e. The first-order chi connectivity index (χ1) is 11.5. The maximum Gasteiger partial charge on any atom is 0.427 e. The fourth-order valence-corrected chi connectivity index (χ4v) is 3.24. The molecule has 3 aromatic rings. The number of hydrogen-bond donors (Lipinski definition) is 1. The molecule has 0 aliphatic heterocycles. The average molecular weight is 379 g/mol. The van der Waals surface area contributed by atoms with Crippen LogP contribution in [-0.2, 0) is 12.4 Å². The van der Waals surface area contributed by atoms with Crippen LogP contribution in [0.3, 0.4) is 0 Å². The largest absolute Gasteiger partial charge is 0.427 e. The maximum atomic E-state index is 13.4. The summed E-state index contributed by atoms with van der Waals surface area (Å²) in [4.78, 5) is 3.10. The third kappa shape index (κ3) is 3.06. The van der Waals surface area contributed by atoms with Gasteiger partial charge in [-0.1, -0.05) is 0 Å². The Morgan fingerprint density at radius 2 is 1.68 bits per heavy atom. The molecule has 0 saturated carbocycles. The van der Waals surface area contributed by atoms with Gasteiger partial charge < -0.3 is 9.88 Å². The van der Waals surface area contributed by atoms with E-state index >= 15 is 0 Å². The van der Waals surface area contributed by atoms with Gasteiger partial charge in [-0.2, -0.15) is 30.7 Å². The minimum absolute atomic E-state index is 0.0341. The van der Waals surface area contributed by atoms with E-state index in [1.807, 2.05) is 0 Å². The van der Waals surface area contributed by atoms with Crippen LogP contribution in [0.4, 0.5) is 32.0 Å². The first-order valence-corrected chi connectivity index (χ1v) is 7.69. The predicted octanol–water partition coefficient (Wildman–Crippen LogP) is 5.40. The molecule has 0 aliphatic carbocycles. The molecule has 25 heavy (non-hydrogen) atoms. The molecule has 2 aromatic heterocycles. The van der Waals surface area contributed by atoms with Crippen LogP contribution in [0.5, 0.6) is 0 Å². The maximum absolute atomic E-state index is 13.4. The monoisotopic (exact) mass is 379 g/mol. The van der Waals surface area contributed by atoms with E-state index in [1.54, 1.807) is 0 Å². The summed E-state index contributed by atoms with van der Waals surface area (Å²) in [5.74, 6) is 0. The van der Waals surface area contributed by atoms with Gasteiger partial charge in [0.2, 0.25) is 0 Å². The highest BCUT2D eigenvalue weighted by Gasteiger charge is 2.38. The molecule has 2 heterocycles. The van der Waals surface area contributed by atoms with E-state index < -0.39 is 22.8 Å². The molecule has 10 heteroatoms. The third-order valence-electron chi connectivity index (χ3n) is 3.70. The molecule has 134 valence electrons. The summed E-state index contributed by atoms with van der Waals surface area (Å²) in [6.45, 7) is 0. The van der Waals surface area contributed by atoms with Gasteiger partial charge in [0.25, 0.3) is 0 Å². The lowest BCUT2D eigenvalue weighted by Gasteiger charge is -2.19. The van der Waals surface area contributed by atoms with Crippen LogP contribution >= 0.6 is 11.5 Å². The number of halogens is 6. The van der Waals surface area contributed by atoms with Crippen molar-refractivity contribution < 1.29 is 26.3 Å². The number of aromatic nitrogens is 2. The molecule has 0 amide bonds. The fourth-order valence-electron chi connectivity index (χ4n) is 2.61. The van der Waals surface area contributed by atoms with Gasteiger partial charge in [-0.3, -0.25) is 0 Å². The molecule has 0 unspecified atom stereocenters. The quantitative estimate of drug-likeness (QED) is 0.605. The summed E-state index contributed by atoms with van der Waals surface area (Å²) in [7, 11) is 2.93. The van der Waals surface area contributed by atoms with Crippen molar-refractivity contribution >= 4 is 28.1 Å². The van der Waals surface area contributed by atoms with Crippen LogP contribution in [0.15, 0.2) is 24.5 Å². The van der Waals surface area contributed by atoms with Crippen molar-refractivity contribution in [1.82, 2.24) is 9.36 Å². The SMILES string of the molecule is CN(C)c1cc2[nH]cc(-c3cnsc3C(F)(F)F)c2cc1C(F)(F)F. The molecule has 0 spiro atoms. The zero-order valence-electron chi connectivity index (χ0n) is 12.9. The number of aromatic amines is 1. The van der Waals surface area contributed by atoms with E-state index in [0.29, 0.717) is 5.52 Å². The summed E-state index contributed by atoms with van der Waals surface area (Å²) in [6, 6.07) is 2.14. The molecule has 0 fully saturated rings. The zero-order chi connectivity index (χ0) is 18.6. The lowest BCUT2D eigenvalue weighted by atomic mass is 10.0. The summed E-state index contributed by atoms with van der Waals surface area (Å²) in [5, 5.41) is 0.0589. The van der Waals surface area contributed by atoms with E-state index in [9.17, 15) is 26.3 Å². The number of anilines is 1. The van der Waals surface area contributed by atoms with Crippen molar-refractivity contribution in [2.75, 3.05) is 19.0 Å². The highest BCUT2D eigenvalue weighted by molar-refractivity contribution is 7.06. The fraction of sp³-hybridized carbons (Fsp3) is 0.267. The molecule has 3 nitrogen and oxygen atoms in total. The van der Waals surface area contributed by atoms with Crippen molar-refractivity contribution in [3.05, 3.63) is 35.0 Å². The molecule has 1 N–H and O–H groups in total. The molecule has 0 radical (unpaired) electrons.